The fourth-order valence-electron chi connectivity index (χ4n) is 2.54. The smallest absolute Gasteiger partial charge is 0.185 e. The molecule has 1 aliphatic carbocycles. The lowest BCUT2D eigenvalue weighted by Crippen LogP contribution is -2.04. The summed E-state index contributed by atoms with van der Waals surface area (Å²) in [6.07, 6.45) is 3.18. The predicted molar refractivity (Wildman–Crippen MR) is 69.6 cm³/mol. The molecule has 0 aliphatic heterocycles. The SMILES string of the molecule is CCCC1CC1n1nnnc1-c1cc(N)c(F)cc1F. The van der Waals surface area contributed by atoms with Gasteiger partial charge in [0.2, 0.25) is 0 Å². The third-order valence-electron chi connectivity index (χ3n) is 3.68. The second kappa shape index (κ2) is 4.81. The van der Waals surface area contributed by atoms with Crippen molar-refractivity contribution < 1.29 is 8.78 Å². The highest BCUT2D eigenvalue weighted by Crippen LogP contribution is 2.47. The van der Waals surface area contributed by atoms with Crippen molar-refractivity contribution in [3.63, 3.8) is 0 Å². The van der Waals surface area contributed by atoms with Gasteiger partial charge in [-0.2, -0.15) is 0 Å². The van der Waals surface area contributed by atoms with Gasteiger partial charge in [0.25, 0.3) is 0 Å². The monoisotopic (exact) mass is 279 g/mol. The van der Waals surface area contributed by atoms with E-state index < -0.39 is 11.6 Å². The minimum Gasteiger partial charge on any atom is -0.396 e. The summed E-state index contributed by atoms with van der Waals surface area (Å²) in [7, 11) is 0. The van der Waals surface area contributed by atoms with Gasteiger partial charge < -0.3 is 5.73 Å². The summed E-state index contributed by atoms with van der Waals surface area (Å²) in [4.78, 5) is 0. The molecule has 7 heteroatoms. The maximum Gasteiger partial charge on any atom is 0.185 e. The van der Waals surface area contributed by atoms with Crippen LogP contribution in [0.4, 0.5) is 14.5 Å². The Kier molecular flexibility index (Phi) is 3.11. The fraction of sp³-hybridized carbons (Fsp3) is 0.462. The minimum atomic E-state index is -0.777. The maximum atomic E-state index is 13.9. The van der Waals surface area contributed by atoms with Crippen LogP contribution in [0.1, 0.15) is 32.2 Å². The molecule has 1 heterocycles. The molecule has 2 unspecified atom stereocenters. The zero-order valence-electron chi connectivity index (χ0n) is 11.1. The van der Waals surface area contributed by atoms with Gasteiger partial charge >= 0.3 is 0 Å². The van der Waals surface area contributed by atoms with Crippen LogP contribution in [0.15, 0.2) is 12.1 Å². The third-order valence-corrected chi connectivity index (χ3v) is 3.68. The Morgan fingerprint density at radius 1 is 1.35 bits per heavy atom. The van der Waals surface area contributed by atoms with Crippen molar-refractivity contribution >= 4 is 5.69 Å². The Morgan fingerprint density at radius 2 is 2.15 bits per heavy atom. The molecule has 0 bridgehead atoms. The number of hydrogen-bond acceptors (Lipinski definition) is 4. The van der Waals surface area contributed by atoms with E-state index in [0.717, 1.165) is 25.3 Å². The summed E-state index contributed by atoms with van der Waals surface area (Å²) in [5, 5.41) is 11.4. The molecule has 1 aliphatic rings. The lowest BCUT2D eigenvalue weighted by Gasteiger charge is -2.06. The van der Waals surface area contributed by atoms with Crippen LogP contribution < -0.4 is 5.73 Å². The topological polar surface area (TPSA) is 69.6 Å². The maximum absolute atomic E-state index is 13.9. The first-order valence-electron chi connectivity index (χ1n) is 6.64. The van der Waals surface area contributed by atoms with Crippen LogP contribution in [-0.4, -0.2) is 20.2 Å². The first-order chi connectivity index (χ1) is 9.61. The average molecular weight is 279 g/mol. The molecular weight excluding hydrogens is 264 g/mol. The van der Waals surface area contributed by atoms with Gasteiger partial charge in [-0.1, -0.05) is 13.3 Å². The molecule has 0 amide bonds. The number of benzene rings is 1. The zero-order valence-corrected chi connectivity index (χ0v) is 11.1. The van der Waals surface area contributed by atoms with Crippen LogP contribution in [0, 0.1) is 17.6 Å². The molecule has 2 N–H and O–H groups in total. The Morgan fingerprint density at radius 3 is 2.90 bits per heavy atom. The third kappa shape index (κ3) is 2.13. The van der Waals surface area contributed by atoms with E-state index in [2.05, 4.69) is 22.4 Å². The minimum absolute atomic E-state index is 0.114. The van der Waals surface area contributed by atoms with E-state index in [0.29, 0.717) is 11.7 Å². The van der Waals surface area contributed by atoms with E-state index >= 15 is 0 Å². The average Bonchev–Trinajstić information content (AvgIpc) is 3.00. The van der Waals surface area contributed by atoms with Crippen molar-refractivity contribution in [2.24, 2.45) is 5.92 Å². The number of halogens is 2. The number of nitrogen functional groups attached to an aromatic ring is 1. The molecule has 0 spiro atoms. The standard InChI is InChI=1S/C13H15F2N5/c1-2-3-7-4-12(7)20-13(17-18-19-20)8-5-11(16)10(15)6-9(8)14/h5-7,12H,2-4,16H2,1H3. The molecule has 1 aromatic carbocycles. The fourth-order valence-corrected chi connectivity index (χ4v) is 2.54. The largest absolute Gasteiger partial charge is 0.396 e. The second-order valence-corrected chi connectivity index (χ2v) is 5.15. The van der Waals surface area contributed by atoms with Gasteiger partial charge in [0.1, 0.15) is 11.6 Å². The van der Waals surface area contributed by atoms with Crippen LogP contribution in [0.2, 0.25) is 0 Å². The van der Waals surface area contributed by atoms with E-state index in [1.807, 2.05) is 0 Å². The van der Waals surface area contributed by atoms with E-state index in [4.69, 9.17) is 5.73 Å². The number of tetrazole rings is 1. The van der Waals surface area contributed by atoms with Gasteiger partial charge in [0.15, 0.2) is 5.82 Å². The molecule has 20 heavy (non-hydrogen) atoms. The Balaban J connectivity index is 1.96. The summed E-state index contributed by atoms with van der Waals surface area (Å²) in [6, 6.07) is 2.20. The summed E-state index contributed by atoms with van der Waals surface area (Å²) in [5.74, 6) is -0.651. The number of nitrogens with zero attached hydrogens (tertiary/aromatic N) is 4. The van der Waals surface area contributed by atoms with E-state index in [-0.39, 0.29) is 17.3 Å². The van der Waals surface area contributed by atoms with Gasteiger partial charge in [-0.15, -0.1) is 5.10 Å². The molecule has 3 rings (SSSR count). The van der Waals surface area contributed by atoms with Gasteiger partial charge in [0, 0.05) is 6.07 Å². The highest BCUT2D eigenvalue weighted by molar-refractivity contribution is 5.62. The molecule has 5 nitrogen and oxygen atoms in total. The van der Waals surface area contributed by atoms with Crippen LogP contribution in [0.3, 0.4) is 0 Å². The van der Waals surface area contributed by atoms with Crippen molar-refractivity contribution in [1.82, 2.24) is 20.2 Å². The Bertz CT molecular complexity index is 640. The Labute approximate surface area is 114 Å². The van der Waals surface area contributed by atoms with Gasteiger partial charge in [-0.3, -0.25) is 0 Å². The predicted octanol–water partition coefficient (Wildman–Crippen LogP) is 2.56. The lowest BCUT2D eigenvalue weighted by molar-refractivity contribution is 0.545. The molecule has 1 fully saturated rings. The molecule has 1 aromatic heterocycles. The summed E-state index contributed by atoms with van der Waals surface area (Å²) >= 11 is 0. The number of aromatic nitrogens is 4. The first kappa shape index (κ1) is 13.0. The molecule has 0 saturated heterocycles. The zero-order chi connectivity index (χ0) is 14.3. The van der Waals surface area contributed by atoms with Gasteiger partial charge in [0.05, 0.1) is 17.3 Å². The van der Waals surface area contributed by atoms with Crippen LogP contribution in [0.5, 0.6) is 0 Å². The van der Waals surface area contributed by atoms with Crippen molar-refractivity contribution in [3.8, 4) is 11.4 Å². The highest BCUT2D eigenvalue weighted by Gasteiger charge is 2.40. The van der Waals surface area contributed by atoms with Crippen LogP contribution in [-0.2, 0) is 0 Å². The van der Waals surface area contributed by atoms with Gasteiger partial charge in [-0.25, -0.2) is 13.5 Å². The normalized spacial score (nSPS) is 21.1. The molecule has 1 saturated carbocycles. The van der Waals surface area contributed by atoms with Crippen LogP contribution in [0.25, 0.3) is 11.4 Å². The Hall–Kier alpha value is -2.05. The summed E-state index contributed by atoms with van der Waals surface area (Å²) in [5.41, 5.74) is 5.51. The van der Waals surface area contributed by atoms with E-state index in [1.165, 1.54) is 6.07 Å². The lowest BCUT2D eigenvalue weighted by atomic mass is 10.1. The van der Waals surface area contributed by atoms with Crippen molar-refractivity contribution in [2.75, 3.05) is 5.73 Å². The molecular formula is C13H15F2N5. The summed E-state index contributed by atoms with van der Waals surface area (Å²) in [6.45, 7) is 2.12. The van der Waals surface area contributed by atoms with Crippen molar-refractivity contribution in [3.05, 3.63) is 23.8 Å². The molecule has 2 aromatic rings. The second-order valence-electron chi connectivity index (χ2n) is 5.15. The number of rotatable bonds is 4. The quantitative estimate of drug-likeness (QED) is 0.873. The molecule has 106 valence electrons. The number of anilines is 1. The van der Waals surface area contributed by atoms with Crippen LogP contribution >= 0.6 is 0 Å². The highest BCUT2D eigenvalue weighted by atomic mass is 19.1. The van der Waals surface area contributed by atoms with Crippen molar-refractivity contribution in [1.29, 1.82) is 0 Å². The number of hydrogen-bond donors (Lipinski definition) is 1. The molecule has 0 radical (unpaired) electrons. The molecule has 2 atom stereocenters. The first-order valence-corrected chi connectivity index (χ1v) is 6.64. The van der Waals surface area contributed by atoms with E-state index in [9.17, 15) is 8.78 Å². The van der Waals surface area contributed by atoms with Crippen molar-refractivity contribution in [2.45, 2.75) is 32.2 Å². The number of nitrogens with two attached hydrogens (primary N) is 1. The van der Waals surface area contributed by atoms with E-state index in [1.54, 1.807) is 4.68 Å². The van der Waals surface area contributed by atoms with Gasteiger partial charge in [-0.05, 0) is 35.3 Å². The summed E-state index contributed by atoms with van der Waals surface area (Å²) < 4.78 is 28.7.